The molecule has 0 atom stereocenters. The van der Waals surface area contributed by atoms with Gasteiger partial charge in [-0.15, -0.1) is 11.3 Å². The van der Waals surface area contributed by atoms with E-state index in [2.05, 4.69) is 9.97 Å². The first-order valence-corrected chi connectivity index (χ1v) is 9.96. The van der Waals surface area contributed by atoms with Gasteiger partial charge in [0, 0.05) is 22.2 Å². The summed E-state index contributed by atoms with van der Waals surface area (Å²) in [6.07, 6.45) is 1.88. The first-order valence-electron chi connectivity index (χ1n) is 9.08. The Kier molecular flexibility index (Phi) is 5.93. The van der Waals surface area contributed by atoms with E-state index in [-0.39, 0.29) is 18.2 Å². The topological polar surface area (TPSA) is 61.3 Å². The number of benzene rings is 1. The number of halogens is 1. The molecule has 5 nitrogen and oxygen atoms in total. The maximum absolute atomic E-state index is 14.0. The molecular formula is C21H23FN2O3S. The zero-order valence-electron chi connectivity index (χ0n) is 16.4. The van der Waals surface area contributed by atoms with Gasteiger partial charge in [0.05, 0.1) is 13.0 Å². The number of aromatic nitrogens is 2. The minimum Gasteiger partial charge on any atom is -0.489 e. The van der Waals surface area contributed by atoms with Crippen LogP contribution in [0.3, 0.4) is 0 Å². The van der Waals surface area contributed by atoms with Crippen LogP contribution in [0.2, 0.25) is 0 Å². The van der Waals surface area contributed by atoms with Crippen LogP contribution in [0, 0.1) is 6.92 Å². The van der Waals surface area contributed by atoms with Crippen molar-refractivity contribution in [2.24, 2.45) is 0 Å². The molecular weight excluding hydrogens is 379 g/mol. The van der Waals surface area contributed by atoms with Crippen molar-refractivity contribution >= 4 is 27.4 Å². The van der Waals surface area contributed by atoms with Gasteiger partial charge >= 0.3 is 5.97 Å². The number of fused-ring (bicyclic) bond motifs is 1. The number of alkyl halides is 1. The summed E-state index contributed by atoms with van der Waals surface area (Å²) in [6.45, 7) is 7.16. The number of aryl methyl sites for hydroxylation is 1. The van der Waals surface area contributed by atoms with Crippen molar-refractivity contribution in [1.29, 1.82) is 0 Å². The van der Waals surface area contributed by atoms with E-state index in [4.69, 9.17) is 9.47 Å². The van der Waals surface area contributed by atoms with Crippen LogP contribution in [-0.4, -0.2) is 22.5 Å². The smallest absolute Gasteiger partial charge is 0.310 e. The lowest BCUT2D eigenvalue weighted by Crippen LogP contribution is -2.16. The quantitative estimate of drug-likeness (QED) is 0.527. The number of hydrogen-bond acceptors (Lipinski definition) is 6. The van der Waals surface area contributed by atoms with Gasteiger partial charge in [0.25, 0.3) is 0 Å². The summed E-state index contributed by atoms with van der Waals surface area (Å²) in [5.74, 6) is 0.659. The summed E-state index contributed by atoms with van der Waals surface area (Å²) in [4.78, 5) is 20.1. The van der Waals surface area contributed by atoms with Crippen LogP contribution in [-0.2, 0) is 28.2 Å². The number of thiophene rings is 1. The Balaban J connectivity index is 1.71. The number of ether oxygens (including phenoxy) is 2. The highest BCUT2D eigenvalue weighted by Crippen LogP contribution is 2.30. The molecule has 2 aromatic heterocycles. The van der Waals surface area contributed by atoms with Gasteiger partial charge < -0.3 is 9.47 Å². The summed E-state index contributed by atoms with van der Waals surface area (Å²) in [5.41, 5.74) is 0.890. The van der Waals surface area contributed by atoms with E-state index in [1.54, 1.807) is 24.5 Å². The maximum Gasteiger partial charge on any atom is 0.310 e. The molecule has 0 N–H and O–H groups in total. The maximum atomic E-state index is 14.0. The SMILES string of the molecule is CCOC(=O)Cc1csc2cc(OCc3cnc(C(C)(C)F)nc3C)ccc12. The molecule has 0 aliphatic carbocycles. The molecule has 148 valence electrons. The highest BCUT2D eigenvalue weighted by Gasteiger charge is 2.23. The van der Waals surface area contributed by atoms with Crippen LogP contribution in [0.15, 0.2) is 29.8 Å². The van der Waals surface area contributed by atoms with Gasteiger partial charge in [-0.1, -0.05) is 0 Å². The average molecular weight is 402 g/mol. The molecule has 0 unspecified atom stereocenters. The lowest BCUT2D eigenvalue weighted by Gasteiger charge is -2.14. The molecule has 0 radical (unpaired) electrons. The van der Waals surface area contributed by atoms with E-state index < -0.39 is 5.67 Å². The van der Waals surface area contributed by atoms with Crippen LogP contribution >= 0.6 is 11.3 Å². The third-order valence-electron chi connectivity index (χ3n) is 4.27. The first-order chi connectivity index (χ1) is 13.3. The van der Waals surface area contributed by atoms with Gasteiger partial charge in [-0.2, -0.15) is 0 Å². The van der Waals surface area contributed by atoms with Gasteiger partial charge in [0.15, 0.2) is 11.5 Å². The molecule has 7 heteroatoms. The van der Waals surface area contributed by atoms with Gasteiger partial charge in [-0.05, 0) is 62.2 Å². The fourth-order valence-electron chi connectivity index (χ4n) is 2.74. The van der Waals surface area contributed by atoms with E-state index in [1.807, 2.05) is 30.5 Å². The van der Waals surface area contributed by atoms with E-state index in [1.165, 1.54) is 13.8 Å². The van der Waals surface area contributed by atoms with Crippen LogP contribution in [0.5, 0.6) is 5.75 Å². The third kappa shape index (κ3) is 4.65. The minimum atomic E-state index is -1.57. The van der Waals surface area contributed by atoms with Crippen LogP contribution < -0.4 is 4.74 Å². The Morgan fingerprint density at radius 2 is 2.07 bits per heavy atom. The normalized spacial score (nSPS) is 11.6. The molecule has 0 spiro atoms. The van der Waals surface area contributed by atoms with Crippen molar-refractivity contribution in [3.63, 3.8) is 0 Å². The zero-order valence-corrected chi connectivity index (χ0v) is 17.2. The van der Waals surface area contributed by atoms with Crippen molar-refractivity contribution in [1.82, 2.24) is 9.97 Å². The summed E-state index contributed by atoms with van der Waals surface area (Å²) in [5, 5.41) is 3.00. The Hall–Kier alpha value is -2.54. The second-order valence-electron chi connectivity index (χ2n) is 6.97. The largest absolute Gasteiger partial charge is 0.489 e. The Labute approximate surface area is 167 Å². The first kappa shape index (κ1) is 20.2. The molecule has 0 fully saturated rings. The standard InChI is InChI=1S/C21H23FN2O3S/c1-5-26-19(25)8-14-12-28-18-9-16(6-7-17(14)18)27-11-15-10-23-20(21(3,4)22)24-13(15)2/h6-7,9-10,12H,5,8,11H2,1-4H3. The molecule has 3 aromatic rings. The van der Waals surface area contributed by atoms with E-state index in [0.717, 1.165) is 21.2 Å². The molecule has 3 rings (SSSR count). The predicted octanol–water partition coefficient (Wildman–Crippen LogP) is 4.89. The molecule has 1 aromatic carbocycles. The summed E-state index contributed by atoms with van der Waals surface area (Å²) < 4.78 is 25.9. The van der Waals surface area contributed by atoms with Crippen LogP contribution in [0.25, 0.3) is 10.1 Å². The van der Waals surface area contributed by atoms with Gasteiger partial charge in [0.2, 0.25) is 0 Å². The Morgan fingerprint density at radius 1 is 1.29 bits per heavy atom. The van der Waals surface area contributed by atoms with Gasteiger partial charge in [-0.3, -0.25) is 4.79 Å². The van der Waals surface area contributed by atoms with Crippen molar-refractivity contribution in [2.75, 3.05) is 6.61 Å². The van der Waals surface area contributed by atoms with Crippen LogP contribution in [0.4, 0.5) is 4.39 Å². The van der Waals surface area contributed by atoms with E-state index in [0.29, 0.717) is 24.7 Å². The Bertz CT molecular complexity index is 995. The fourth-order valence-corrected chi connectivity index (χ4v) is 3.73. The van der Waals surface area contributed by atoms with Crippen molar-refractivity contribution in [3.05, 3.63) is 52.4 Å². The fraction of sp³-hybridized carbons (Fsp3) is 0.381. The number of esters is 1. The molecule has 0 saturated carbocycles. The molecule has 0 amide bonds. The summed E-state index contributed by atoms with van der Waals surface area (Å²) in [7, 11) is 0. The monoisotopic (exact) mass is 402 g/mol. The van der Waals surface area contributed by atoms with Gasteiger partial charge in [-0.25, -0.2) is 14.4 Å². The number of carbonyl (C=O) groups is 1. The van der Waals surface area contributed by atoms with E-state index >= 15 is 0 Å². The van der Waals surface area contributed by atoms with Crippen molar-refractivity contribution in [3.8, 4) is 5.75 Å². The molecule has 0 bridgehead atoms. The number of rotatable bonds is 7. The van der Waals surface area contributed by atoms with Gasteiger partial charge in [0.1, 0.15) is 12.4 Å². The highest BCUT2D eigenvalue weighted by molar-refractivity contribution is 7.17. The summed E-state index contributed by atoms with van der Waals surface area (Å²) >= 11 is 1.56. The number of hydrogen-bond donors (Lipinski definition) is 0. The highest BCUT2D eigenvalue weighted by atomic mass is 32.1. The predicted molar refractivity (Wildman–Crippen MR) is 107 cm³/mol. The molecule has 2 heterocycles. The number of carbonyl (C=O) groups excluding carboxylic acids is 1. The molecule has 0 aliphatic rings. The lowest BCUT2D eigenvalue weighted by molar-refractivity contribution is -0.142. The zero-order chi connectivity index (χ0) is 20.3. The molecule has 28 heavy (non-hydrogen) atoms. The Morgan fingerprint density at radius 3 is 2.75 bits per heavy atom. The van der Waals surface area contributed by atoms with Crippen molar-refractivity contribution in [2.45, 2.75) is 46.4 Å². The van der Waals surface area contributed by atoms with Crippen molar-refractivity contribution < 1.29 is 18.7 Å². The third-order valence-corrected chi connectivity index (χ3v) is 5.27. The molecule has 0 saturated heterocycles. The molecule has 0 aliphatic heterocycles. The second-order valence-corrected chi connectivity index (χ2v) is 7.88. The lowest BCUT2D eigenvalue weighted by atomic mass is 10.1. The average Bonchev–Trinajstić information content (AvgIpc) is 3.02. The summed E-state index contributed by atoms with van der Waals surface area (Å²) in [6, 6.07) is 5.77. The minimum absolute atomic E-state index is 0.169. The van der Waals surface area contributed by atoms with Crippen LogP contribution in [0.1, 0.15) is 43.4 Å². The number of nitrogens with zero attached hydrogens (tertiary/aromatic N) is 2. The second kappa shape index (κ2) is 8.22. The van der Waals surface area contributed by atoms with E-state index in [9.17, 15) is 9.18 Å².